The standard InChI is InChI=1S/C16H21NO3/c1-11(2)14-10-20-16(19)17(14)15(18)12(3)9-13-7-5-4-6-8-13/h4-8,11-12,14H,9-10H2,1-3H3/t12-,14-/m1/s1. The van der Waals surface area contributed by atoms with Crippen LogP contribution in [0.15, 0.2) is 30.3 Å². The molecule has 2 rings (SSSR count). The van der Waals surface area contributed by atoms with E-state index in [0.717, 1.165) is 5.56 Å². The van der Waals surface area contributed by atoms with E-state index in [4.69, 9.17) is 4.74 Å². The van der Waals surface area contributed by atoms with Crippen molar-refractivity contribution in [2.24, 2.45) is 11.8 Å². The lowest BCUT2D eigenvalue weighted by Crippen LogP contribution is -2.44. The number of carbonyl (C=O) groups is 2. The molecule has 2 amide bonds. The van der Waals surface area contributed by atoms with Crippen LogP contribution in [-0.4, -0.2) is 29.5 Å². The average molecular weight is 275 g/mol. The molecular weight excluding hydrogens is 254 g/mol. The van der Waals surface area contributed by atoms with Gasteiger partial charge in [-0.25, -0.2) is 9.69 Å². The number of benzene rings is 1. The van der Waals surface area contributed by atoms with Gasteiger partial charge in [0.05, 0.1) is 6.04 Å². The molecule has 0 unspecified atom stereocenters. The van der Waals surface area contributed by atoms with Gasteiger partial charge in [-0.05, 0) is 17.9 Å². The number of ether oxygens (including phenoxy) is 1. The van der Waals surface area contributed by atoms with Gasteiger partial charge in [0.15, 0.2) is 0 Å². The van der Waals surface area contributed by atoms with Gasteiger partial charge in [-0.3, -0.25) is 4.79 Å². The summed E-state index contributed by atoms with van der Waals surface area (Å²) in [6.07, 6.45) is 0.127. The van der Waals surface area contributed by atoms with Crippen LogP contribution in [0.2, 0.25) is 0 Å². The average Bonchev–Trinajstić information content (AvgIpc) is 2.81. The quantitative estimate of drug-likeness (QED) is 0.849. The molecule has 108 valence electrons. The zero-order chi connectivity index (χ0) is 14.7. The summed E-state index contributed by atoms with van der Waals surface area (Å²) in [5.41, 5.74) is 1.10. The monoisotopic (exact) mass is 275 g/mol. The highest BCUT2D eigenvalue weighted by Crippen LogP contribution is 2.23. The molecule has 4 nitrogen and oxygen atoms in total. The molecule has 1 aliphatic rings. The fourth-order valence-corrected chi connectivity index (χ4v) is 2.47. The highest BCUT2D eigenvalue weighted by atomic mass is 16.6. The lowest BCUT2D eigenvalue weighted by atomic mass is 9.97. The van der Waals surface area contributed by atoms with Crippen molar-refractivity contribution in [2.75, 3.05) is 6.61 Å². The number of carbonyl (C=O) groups excluding carboxylic acids is 2. The van der Waals surface area contributed by atoms with Gasteiger partial charge in [0.25, 0.3) is 0 Å². The Bertz CT molecular complexity index is 484. The summed E-state index contributed by atoms with van der Waals surface area (Å²) in [4.78, 5) is 25.6. The molecule has 1 saturated heterocycles. The maximum atomic E-state index is 12.5. The van der Waals surface area contributed by atoms with Gasteiger partial charge in [0.1, 0.15) is 6.61 Å². The first kappa shape index (κ1) is 14.6. The summed E-state index contributed by atoms with van der Waals surface area (Å²) < 4.78 is 5.03. The molecular formula is C16H21NO3. The minimum Gasteiger partial charge on any atom is -0.447 e. The van der Waals surface area contributed by atoms with Crippen LogP contribution in [0.5, 0.6) is 0 Å². The Morgan fingerprint density at radius 2 is 1.95 bits per heavy atom. The van der Waals surface area contributed by atoms with Crippen molar-refractivity contribution >= 4 is 12.0 Å². The molecule has 4 heteroatoms. The Morgan fingerprint density at radius 3 is 2.55 bits per heavy atom. The predicted octanol–water partition coefficient (Wildman–Crippen LogP) is 2.87. The minimum absolute atomic E-state index is 0.143. The Labute approximate surface area is 119 Å². The van der Waals surface area contributed by atoms with Crippen molar-refractivity contribution < 1.29 is 14.3 Å². The number of amides is 2. The van der Waals surface area contributed by atoms with Crippen LogP contribution in [0.4, 0.5) is 4.79 Å². The maximum Gasteiger partial charge on any atom is 0.416 e. The third-order valence-electron chi connectivity index (χ3n) is 3.72. The molecule has 0 radical (unpaired) electrons. The molecule has 0 aliphatic carbocycles. The van der Waals surface area contributed by atoms with E-state index >= 15 is 0 Å². The molecule has 2 atom stereocenters. The molecule has 1 aliphatic heterocycles. The number of rotatable bonds is 4. The van der Waals surface area contributed by atoms with E-state index in [9.17, 15) is 9.59 Å². The first-order valence-corrected chi connectivity index (χ1v) is 7.04. The SMILES string of the molecule is CC(C)[C@H]1COC(=O)N1C(=O)[C@H](C)Cc1ccccc1. The molecule has 1 heterocycles. The van der Waals surface area contributed by atoms with E-state index in [1.807, 2.05) is 51.1 Å². The van der Waals surface area contributed by atoms with Crippen LogP contribution < -0.4 is 0 Å². The van der Waals surface area contributed by atoms with Gasteiger partial charge >= 0.3 is 6.09 Å². The fraction of sp³-hybridized carbons (Fsp3) is 0.500. The van der Waals surface area contributed by atoms with E-state index in [0.29, 0.717) is 13.0 Å². The predicted molar refractivity (Wildman–Crippen MR) is 76.1 cm³/mol. The van der Waals surface area contributed by atoms with E-state index in [-0.39, 0.29) is 23.8 Å². The van der Waals surface area contributed by atoms with Crippen molar-refractivity contribution in [2.45, 2.75) is 33.2 Å². The number of imide groups is 1. The largest absolute Gasteiger partial charge is 0.447 e. The molecule has 1 fully saturated rings. The lowest BCUT2D eigenvalue weighted by molar-refractivity contribution is -0.133. The first-order valence-electron chi connectivity index (χ1n) is 7.04. The molecule has 0 spiro atoms. The summed E-state index contributed by atoms with van der Waals surface area (Å²) in [5, 5.41) is 0. The van der Waals surface area contributed by atoms with Crippen LogP contribution in [0.25, 0.3) is 0 Å². The van der Waals surface area contributed by atoms with Gasteiger partial charge in [-0.2, -0.15) is 0 Å². The number of nitrogens with zero attached hydrogens (tertiary/aromatic N) is 1. The van der Waals surface area contributed by atoms with Crippen molar-refractivity contribution in [3.8, 4) is 0 Å². The smallest absolute Gasteiger partial charge is 0.416 e. The summed E-state index contributed by atoms with van der Waals surface area (Å²) in [7, 11) is 0. The Balaban J connectivity index is 2.07. The summed E-state index contributed by atoms with van der Waals surface area (Å²) in [5.74, 6) is -0.173. The molecule has 1 aromatic rings. The van der Waals surface area contributed by atoms with Crippen LogP contribution >= 0.6 is 0 Å². The molecule has 0 aromatic heterocycles. The highest BCUT2D eigenvalue weighted by molar-refractivity contribution is 5.94. The minimum atomic E-state index is -0.506. The van der Waals surface area contributed by atoms with E-state index in [1.54, 1.807) is 0 Å². The second-order valence-electron chi connectivity index (χ2n) is 5.69. The number of hydrogen-bond acceptors (Lipinski definition) is 3. The van der Waals surface area contributed by atoms with Gasteiger partial charge in [0, 0.05) is 5.92 Å². The highest BCUT2D eigenvalue weighted by Gasteiger charge is 2.40. The van der Waals surface area contributed by atoms with Crippen molar-refractivity contribution in [1.82, 2.24) is 4.90 Å². The normalized spacial score (nSPS) is 20.1. The summed E-state index contributed by atoms with van der Waals surface area (Å²) in [6.45, 7) is 6.15. The number of hydrogen-bond donors (Lipinski definition) is 0. The van der Waals surface area contributed by atoms with Crippen molar-refractivity contribution in [1.29, 1.82) is 0 Å². The van der Waals surface area contributed by atoms with E-state index in [2.05, 4.69) is 0 Å². The van der Waals surface area contributed by atoms with Crippen molar-refractivity contribution in [3.05, 3.63) is 35.9 Å². The van der Waals surface area contributed by atoms with Gasteiger partial charge < -0.3 is 4.74 Å². The molecule has 20 heavy (non-hydrogen) atoms. The van der Waals surface area contributed by atoms with E-state index in [1.165, 1.54) is 4.90 Å². The van der Waals surface area contributed by atoms with Crippen LogP contribution in [-0.2, 0) is 16.0 Å². The zero-order valence-corrected chi connectivity index (χ0v) is 12.2. The number of cyclic esters (lactones) is 1. The summed E-state index contributed by atoms with van der Waals surface area (Å²) >= 11 is 0. The Hall–Kier alpha value is -1.84. The second-order valence-corrected chi connectivity index (χ2v) is 5.69. The van der Waals surface area contributed by atoms with Crippen LogP contribution in [0.1, 0.15) is 26.3 Å². The van der Waals surface area contributed by atoms with Crippen molar-refractivity contribution in [3.63, 3.8) is 0 Å². The third kappa shape index (κ3) is 3.00. The van der Waals surface area contributed by atoms with Gasteiger partial charge in [-0.15, -0.1) is 0 Å². The zero-order valence-electron chi connectivity index (χ0n) is 12.2. The first-order chi connectivity index (χ1) is 9.50. The second kappa shape index (κ2) is 6.07. The van der Waals surface area contributed by atoms with E-state index < -0.39 is 6.09 Å². The molecule has 1 aromatic carbocycles. The Kier molecular flexibility index (Phi) is 4.42. The van der Waals surface area contributed by atoms with Crippen LogP contribution in [0.3, 0.4) is 0 Å². The topological polar surface area (TPSA) is 46.6 Å². The summed E-state index contributed by atoms with van der Waals surface area (Å²) in [6, 6.07) is 9.69. The molecule has 0 saturated carbocycles. The fourth-order valence-electron chi connectivity index (χ4n) is 2.47. The van der Waals surface area contributed by atoms with Gasteiger partial charge in [-0.1, -0.05) is 51.1 Å². The molecule has 0 N–H and O–H groups in total. The van der Waals surface area contributed by atoms with Gasteiger partial charge in [0.2, 0.25) is 5.91 Å². The lowest BCUT2D eigenvalue weighted by Gasteiger charge is -2.25. The maximum absolute atomic E-state index is 12.5. The van der Waals surface area contributed by atoms with Crippen LogP contribution in [0, 0.1) is 11.8 Å². The third-order valence-corrected chi connectivity index (χ3v) is 3.72. The Morgan fingerprint density at radius 1 is 1.30 bits per heavy atom. The molecule has 0 bridgehead atoms.